The molecule has 5 N–H and O–H groups in total. The van der Waals surface area contributed by atoms with E-state index in [1.54, 1.807) is 0 Å². The van der Waals surface area contributed by atoms with E-state index in [9.17, 15) is 18.0 Å². The lowest BCUT2D eigenvalue weighted by Gasteiger charge is -2.22. The molecule has 11 heteroatoms. The van der Waals surface area contributed by atoms with Gasteiger partial charge in [-0.1, -0.05) is 0 Å². The molecular weight excluding hydrogens is 366 g/mol. The fourth-order valence-electron chi connectivity index (χ4n) is 1.79. The number of aromatic nitrogens is 1. The number of amides is 2. The zero-order chi connectivity index (χ0) is 15.6. The largest absolute Gasteiger partial charge is 0.307 e. The SMILES string of the molecule is NNc1ncc(Br)cc1S(=O)(=O)NC1CCC(=O)NC1=O. The first-order chi connectivity index (χ1) is 9.83. The number of piperidine rings is 1. The van der Waals surface area contributed by atoms with E-state index >= 15 is 0 Å². The Balaban J connectivity index is 2.28. The van der Waals surface area contributed by atoms with E-state index in [2.05, 4.69) is 36.4 Å². The lowest BCUT2D eigenvalue weighted by molar-refractivity contribution is -0.134. The number of halogens is 1. The number of hydrogen-bond donors (Lipinski definition) is 4. The smallest absolute Gasteiger partial charge is 0.245 e. The van der Waals surface area contributed by atoms with Crippen LogP contribution in [0.3, 0.4) is 0 Å². The molecule has 0 spiro atoms. The van der Waals surface area contributed by atoms with Gasteiger partial charge in [0.05, 0.1) is 0 Å². The van der Waals surface area contributed by atoms with Crippen LogP contribution >= 0.6 is 15.9 Å². The molecule has 1 aromatic heterocycles. The van der Waals surface area contributed by atoms with E-state index in [1.165, 1.54) is 12.3 Å². The van der Waals surface area contributed by atoms with Gasteiger partial charge in [0, 0.05) is 17.1 Å². The molecule has 1 aliphatic rings. The average Bonchev–Trinajstić information content (AvgIpc) is 2.42. The molecule has 1 aromatic rings. The Morgan fingerprint density at radius 3 is 2.76 bits per heavy atom. The summed E-state index contributed by atoms with van der Waals surface area (Å²) in [7, 11) is -4.03. The van der Waals surface area contributed by atoms with Crippen LogP contribution in [0.15, 0.2) is 21.6 Å². The summed E-state index contributed by atoms with van der Waals surface area (Å²) >= 11 is 3.12. The fraction of sp³-hybridized carbons (Fsp3) is 0.300. The predicted octanol–water partition coefficient (Wildman–Crippen LogP) is -0.787. The van der Waals surface area contributed by atoms with E-state index in [4.69, 9.17) is 5.84 Å². The first-order valence-electron chi connectivity index (χ1n) is 5.81. The minimum atomic E-state index is -4.03. The number of carbonyl (C=O) groups is 2. The van der Waals surface area contributed by atoms with Crippen molar-refractivity contribution in [2.45, 2.75) is 23.8 Å². The Hall–Kier alpha value is -1.56. The molecule has 0 aromatic carbocycles. The third-order valence-electron chi connectivity index (χ3n) is 2.78. The summed E-state index contributed by atoms with van der Waals surface area (Å²) in [6, 6.07) is 0.286. The molecule has 1 atom stereocenters. The zero-order valence-electron chi connectivity index (χ0n) is 10.6. The fourth-order valence-corrected chi connectivity index (χ4v) is 3.65. The third kappa shape index (κ3) is 3.56. The molecule has 1 aliphatic heterocycles. The van der Waals surface area contributed by atoms with Gasteiger partial charge in [0.1, 0.15) is 10.9 Å². The summed E-state index contributed by atoms with van der Waals surface area (Å²) in [5, 5.41) is 2.07. The highest BCUT2D eigenvalue weighted by Crippen LogP contribution is 2.22. The van der Waals surface area contributed by atoms with Crippen molar-refractivity contribution in [3.05, 3.63) is 16.7 Å². The topological polar surface area (TPSA) is 143 Å². The van der Waals surface area contributed by atoms with Crippen molar-refractivity contribution >= 4 is 43.6 Å². The van der Waals surface area contributed by atoms with Gasteiger partial charge >= 0.3 is 0 Å². The lowest BCUT2D eigenvalue weighted by Crippen LogP contribution is -2.52. The number of rotatable bonds is 4. The van der Waals surface area contributed by atoms with Gasteiger partial charge in [-0.25, -0.2) is 19.2 Å². The van der Waals surface area contributed by atoms with Crippen LogP contribution in [-0.2, 0) is 19.6 Å². The molecular formula is C10H12BrN5O4S. The number of pyridine rings is 1. The summed E-state index contributed by atoms with van der Waals surface area (Å²) in [5.41, 5.74) is 2.18. The highest BCUT2D eigenvalue weighted by Gasteiger charge is 2.32. The van der Waals surface area contributed by atoms with Crippen LogP contribution in [0.1, 0.15) is 12.8 Å². The van der Waals surface area contributed by atoms with Crippen molar-refractivity contribution in [3.8, 4) is 0 Å². The monoisotopic (exact) mass is 377 g/mol. The summed E-state index contributed by atoms with van der Waals surface area (Å²) in [6.07, 6.45) is 1.54. The molecule has 9 nitrogen and oxygen atoms in total. The first kappa shape index (κ1) is 15.8. The maximum atomic E-state index is 12.3. The molecule has 21 heavy (non-hydrogen) atoms. The van der Waals surface area contributed by atoms with Crippen LogP contribution in [0.5, 0.6) is 0 Å². The second-order valence-corrected chi connectivity index (χ2v) is 6.87. The minimum Gasteiger partial charge on any atom is -0.307 e. The normalized spacial score (nSPS) is 19.2. The van der Waals surface area contributed by atoms with Crippen molar-refractivity contribution in [3.63, 3.8) is 0 Å². The molecule has 1 saturated heterocycles. The van der Waals surface area contributed by atoms with Gasteiger partial charge in [0.15, 0.2) is 5.82 Å². The van der Waals surface area contributed by atoms with Crippen molar-refractivity contribution < 1.29 is 18.0 Å². The maximum absolute atomic E-state index is 12.3. The molecule has 2 amide bonds. The number of nitrogens with two attached hydrogens (primary N) is 1. The Morgan fingerprint density at radius 1 is 1.43 bits per heavy atom. The molecule has 0 aliphatic carbocycles. The van der Waals surface area contributed by atoms with E-state index in [0.29, 0.717) is 4.47 Å². The Labute approximate surface area is 128 Å². The lowest BCUT2D eigenvalue weighted by atomic mass is 10.1. The standard InChI is InChI=1S/C10H12BrN5O4S/c11-5-3-7(9(15-12)13-4-5)21(19,20)16-6-1-2-8(17)14-10(6)18/h3-4,6,16H,1-2,12H2,(H,13,15)(H,14,17,18). The summed E-state index contributed by atoms with van der Waals surface area (Å²) < 4.78 is 27.3. The van der Waals surface area contributed by atoms with Crippen LogP contribution in [0.25, 0.3) is 0 Å². The second-order valence-electron chi connectivity index (χ2n) is 4.27. The number of hydrogen-bond acceptors (Lipinski definition) is 7. The van der Waals surface area contributed by atoms with Crippen LogP contribution < -0.4 is 21.3 Å². The molecule has 0 saturated carbocycles. The van der Waals surface area contributed by atoms with Crippen LogP contribution in [0.2, 0.25) is 0 Å². The summed E-state index contributed by atoms with van der Waals surface area (Å²) in [5.74, 6) is 4.07. The zero-order valence-corrected chi connectivity index (χ0v) is 13.0. The molecule has 0 radical (unpaired) electrons. The Bertz CT molecular complexity index is 693. The number of nitrogens with zero attached hydrogens (tertiary/aromatic N) is 1. The van der Waals surface area contributed by atoms with E-state index in [-0.39, 0.29) is 23.6 Å². The van der Waals surface area contributed by atoms with Crippen molar-refractivity contribution in [1.29, 1.82) is 0 Å². The number of carbonyl (C=O) groups excluding carboxylic acids is 2. The number of nitrogen functional groups attached to an aromatic ring is 1. The first-order valence-corrected chi connectivity index (χ1v) is 8.09. The Kier molecular flexibility index (Phi) is 4.56. The molecule has 114 valence electrons. The third-order valence-corrected chi connectivity index (χ3v) is 4.70. The molecule has 2 heterocycles. The quantitative estimate of drug-likeness (QED) is 0.306. The number of sulfonamides is 1. The number of anilines is 1. The number of nitrogens with one attached hydrogen (secondary N) is 3. The molecule has 1 unspecified atom stereocenters. The van der Waals surface area contributed by atoms with Crippen molar-refractivity contribution in [2.24, 2.45) is 5.84 Å². The predicted molar refractivity (Wildman–Crippen MR) is 76.2 cm³/mol. The van der Waals surface area contributed by atoms with Crippen molar-refractivity contribution in [1.82, 2.24) is 15.0 Å². The van der Waals surface area contributed by atoms with Gasteiger partial charge in [-0.2, -0.15) is 4.72 Å². The highest BCUT2D eigenvalue weighted by atomic mass is 79.9. The van der Waals surface area contributed by atoms with E-state index in [1.807, 2.05) is 0 Å². The Morgan fingerprint density at radius 2 is 2.14 bits per heavy atom. The molecule has 2 rings (SSSR count). The summed E-state index contributed by atoms with van der Waals surface area (Å²) in [6.45, 7) is 0. The minimum absolute atomic E-state index is 0.0574. The summed E-state index contributed by atoms with van der Waals surface area (Å²) in [4.78, 5) is 26.3. The number of hydrazine groups is 1. The van der Waals surface area contributed by atoms with Gasteiger partial charge in [0.2, 0.25) is 21.8 Å². The molecule has 1 fully saturated rings. The van der Waals surface area contributed by atoms with Gasteiger partial charge in [-0.3, -0.25) is 14.9 Å². The van der Waals surface area contributed by atoms with Gasteiger partial charge in [-0.05, 0) is 28.4 Å². The van der Waals surface area contributed by atoms with Crippen LogP contribution in [-0.4, -0.2) is 31.3 Å². The highest BCUT2D eigenvalue weighted by molar-refractivity contribution is 9.10. The van der Waals surface area contributed by atoms with E-state index < -0.39 is 27.9 Å². The van der Waals surface area contributed by atoms with Gasteiger partial charge in [-0.15, -0.1) is 0 Å². The van der Waals surface area contributed by atoms with Crippen molar-refractivity contribution in [2.75, 3.05) is 5.43 Å². The number of imide groups is 1. The van der Waals surface area contributed by atoms with E-state index in [0.717, 1.165) is 0 Å². The second kappa shape index (κ2) is 6.05. The maximum Gasteiger partial charge on any atom is 0.245 e. The van der Waals surface area contributed by atoms with Crippen LogP contribution in [0, 0.1) is 0 Å². The van der Waals surface area contributed by atoms with Gasteiger partial charge < -0.3 is 5.43 Å². The van der Waals surface area contributed by atoms with Crippen LogP contribution in [0.4, 0.5) is 5.82 Å². The average molecular weight is 378 g/mol. The van der Waals surface area contributed by atoms with Gasteiger partial charge in [0.25, 0.3) is 0 Å². The molecule has 0 bridgehead atoms.